The van der Waals surface area contributed by atoms with E-state index >= 15 is 0 Å². The highest BCUT2D eigenvalue weighted by molar-refractivity contribution is 5.81. The molecule has 0 aromatic heterocycles. The van der Waals surface area contributed by atoms with E-state index in [4.69, 9.17) is 41.9 Å². The molecule has 35 heavy (non-hydrogen) atoms. The van der Waals surface area contributed by atoms with Crippen LogP contribution in [0.15, 0.2) is 4.99 Å². The Labute approximate surface area is 204 Å². The van der Waals surface area contributed by atoms with Crippen LogP contribution in [0.3, 0.4) is 0 Å². The zero-order chi connectivity index (χ0) is 25.9. The third-order valence-corrected chi connectivity index (χ3v) is 6.97. The van der Waals surface area contributed by atoms with Crippen molar-refractivity contribution in [1.29, 1.82) is 0 Å². The number of aliphatic hydroxyl groups excluding tert-OH is 3. The molecule has 1 aliphatic carbocycles. The van der Waals surface area contributed by atoms with Gasteiger partial charge in [-0.3, -0.25) is 4.99 Å². The number of aliphatic imine (C=N–C) groups is 1. The van der Waals surface area contributed by atoms with E-state index in [1.54, 1.807) is 7.05 Å². The predicted molar refractivity (Wildman–Crippen MR) is 125 cm³/mol. The lowest BCUT2D eigenvalue weighted by atomic mass is 9.83. The number of rotatable bonds is 8. The Hall–Kier alpha value is -1.01. The molecule has 12 unspecified atom stereocenters. The molecule has 0 bridgehead atoms. The van der Waals surface area contributed by atoms with E-state index in [9.17, 15) is 20.4 Å². The van der Waals surface area contributed by atoms with Crippen LogP contribution < -0.4 is 28.3 Å². The van der Waals surface area contributed by atoms with Gasteiger partial charge in [0.2, 0.25) is 0 Å². The zero-order valence-corrected chi connectivity index (χ0v) is 20.3. The Balaban J connectivity index is 1.81. The second-order valence-electron chi connectivity index (χ2n) is 9.83. The SMILES string of the molecule is CNC1C(O)C(OC2C(N=C(N)CO)CC(N)C(OC3OC(CN)CCC3N)C2O)OCC1(C)O. The highest BCUT2D eigenvalue weighted by Crippen LogP contribution is 2.33. The van der Waals surface area contributed by atoms with Gasteiger partial charge in [-0.05, 0) is 33.2 Å². The van der Waals surface area contributed by atoms with Crippen LogP contribution >= 0.6 is 0 Å². The number of nitrogens with zero attached hydrogens (tertiary/aromatic N) is 1. The van der Waals surface area contributed by atoms with Crippen LogP contribution in [-0.4, -0.2) is 126 Å². The predicted octanol–water partition coefficient (Wildman–Crippen LogP) is -4.59. The fraction of sp³-hybridized carbons (Fsp3) is 0.952. The molecule has 3 rings (SSSR count). The fourth-order valence-corrected chi connectivity index (χ4v) is 5.00. The lowest BCUT2D eigenvalue weighted by molar-refractivity contribution is -0.306. The first-order chi connectivity index (χ1) is 16.5. The van der Waals surface area contributed by atoms with Gasteiger partial charge in [-0.25, -0.2) is 0 Å². The van der Waals surface area contributed by atoms with Crippen LogP contribution in [0.5, 0.6) is 0 Å². The molecule has 0 spiro atoms. The summed E-state index contributed by atoms with van der Waals surface area (Å²) in [6, 6.07) is -2.65. The molecule has 12 atom stereocenters. The van der Waals surface area contributed by atoms with E-state index < -0.39 is 73.4 Å². The van der Waals surface area contributed by atoms with Crippen molar-refractivity contribution in [3.05, 3.63) is 0 Å². The molecule has 0 radical (unpaired) electrons. The van der Waals surface area contributed by atoms with Crippen LogP contribution in [0.1, 0.15) is 26.2 Å². The van der Waals surface area contributed by atoms with Crippen LogP contribution in [0.2, 0.25) is 0 Å². The Morgan fingerprint density at radius 1 is 1.11 bits per heavy atom. The van der Waals surface area contributed by atoms with Gasteiger partial charge in [-0.1, -0.05) is 0 Å². The quantitative estimate of drug-likeness (QED) is 0.111. The Bertz CT molecular complexity index is 717. The molecule has 13 N–H and O–H groups in total. The average Bonchev–Trinajstić information content (AvgIpc) is 2.81. The minimum Gasteiger partial charge on any atom is -0.388 e. The van der Waals surface area contributed by atoms with Crippen molar-refractivity contribution in [3.63, 3.8) is 0 Å². The molecule has 2 heterocycles. The Kier molecular flexibility index (Phi) is 9.81. The number of ether oxygens (including phenoxy) is 4. The molecule has 0 amide bonds. The molecule has 2 saturated heterocycles. The Morgan fingerprint density at radius 3 is 2.43 bits per heavy atom. The maximum absolute atomic E-state index is 11.3. The van der Waals surface area contributed by atoms with Gasteiger partial charge in [0.25, 0.3) is 0 Å². The van der Waals surface area contributed by atoms with Crippen molar-refractivity contribution < 1.29 is 39.4 Å². The number of aliphatic hydroxyl groups is 4. The lowest BCUT2D eigenvalue weighted by Crippen LogP contribution is -2.67. The van der Waals surface area contributed by atoms with Gasteiger partial charge >= 0.3 is 0 Å². The summed E-state index contributed by atoms with van der Waals surface area (Å²) in [5.41, 5.74) is 22.7. The summed E-state index contributed by atoms with van der Waals surface area (Å²) >= 11 is 0. The molecule has 3 aliphatic rings. The van der Waals surface area contributed by atoms with Crippen molar-refractivity contribution in [2.45, 2.75) is 99.1 Å². The zero-order valence-electron chi connectivity index (χ0n) is 20.3. The number of nitrogens with one attached hydrogen (secondary N) is 1. The normalized spacial score (nSPS) is 47.6. The molecule has 1 saturated carbocycles. The van der Waals surface area contributed by atoms with E-state index in [0.717, 1.165) is 0 Å². The highest BCUT2D eigenvalue weighted by Gasteiger charge is 2.51. The van der Waals surface area contributed by atoms with Gasteiger partial charge in [-0.15, -0.1) is 0 Å². The number of likely N-dealkylation sites (N-methyl/N-ethyl adjacent to an activating group) is 1. The maximum Gasteiger partial charge on any atom is 0.185 e. The summed E-state index contributed by atoms with van der Waals surface area (Å²) in [6.45, 7) is 1.22. The largest absolute Gasteiger partial charge is 0.388 e. The summed E-state index contributed by atoms with van der Waals surface area (Å²) in [5, 5.41) is 44.9. The highest BCUT2D eigenvalue weighted by atomic mass is 16.7. The van der Waals surface area contributed by atoms with Crippen molar-refractivity contribution in [1.82, 2.24) is 5.32 Å². The molecule has 204 valence electrons. The smallest absolute Gasteiger partial charge is 0.185 e. The van der Waals surface area contributed by atoms with Crippen LogP contribution in [0, 0.1) is 0 Å². The van der Waals surface area contributed by atoms with Crippen molar-refractivity contribution in [2.75, 3.05) is 26.8 Å². The van der Waals surface area contributed by atoms with E-state index in [2.05, 4.69) is 10.3 Å². The second kappa shape index (κ2) is 12.0. The van der Waals surface area contributed by atoms with E-state index in [-0.39, 0.29) is 25.0 Å². The van der Waals surface area contributed by atoms with Crippen molar-refractivity contribution >= 4 is 5.84 Å². The number of amidine groups is 1. The van der Waals surface area contributed by atoms with Gasteiger partial charge in [0.05, 0.1) is 30.8 Å². The third-order valence-electron chi connectivity index (χ3n) is 6.97. The molecule has 3 fully saturated rings. The number of hydrogen-bond acceptors (Lipinski definition) is 13. The second-order valence-corrected chi connectivity index (χ2v) is 9.83. The topological polar surface area (TPSA) is 246 Å². The molecule has 2 aliphatic heterocycles. The minimum absolute atomic E-state index is 0.0630. The number of nitrogens with two attached hydrogens (primary N) is 4. The third kappa shape index (κ3) is 6.47. The van der Waals surface area contributed by atoms with Crippen LogP contribution in [0.4, 0.5) is 0 Å². The first-order valence-corrected chi connectivity index (χ1v) is 12.0. The van der Waals surface area contributed by atoms with Gasteiger partial charge in [-0.2, -0.15) is 0 Å². The summed E-state index contributed by atoms with van der Waals surface area (Å²) in [4.78, 5) is 4.27. The Morgan fingerprint density at radius 2 is 1.80 bits per heavy atom. The van der Waals surface area contributed by atoms with Crippen LogP contribution in [0.25, 0.3) is 0 Å². The first kappa shape index (κ1) is 28.6. The maximum atomic E-state index is 11.3. The van der Waals surface area contributed by atoms with Crippen molar-refractivity contribution in [2.24, 2.45) is 27.9 Å². The monoisotopic (exact) mass is 506 g/mol. The minimum atomic E-state index is -1.35. The molecule has 0 aromatic carbocycles. The van der Waals surface area contributed by atoms with Gasteiger partial charge in [0, 0.05) is 12.6 Å². The van der Waals surface area contributed by atoms with Gasteiger partial charge < -0.3 is 67.6 Å². The van der Waals surface area contributed by atoms with E-state index in [1.165, 1.54) is 6.92 Å². The van der Waals surface area contributed by atoms with Crippen molar-refractivity contribution in [3.8, 4) is 0 Å². The molecule has 14 nitrogen and oxygen atoms in total. The fourth-order valence-electron chi connectivity index (χ4n) is 5.00. The molecular formula is C21H42N6O8. The number of hydrogen-bond donors (Lipinski definition) is 9. The summed E-state index contributed by atoms with van der Waals surface area (Å²) in [6.07, 6.45) is -5.35. The van der Waals surface area contributed by atoms with E-state index in [0.29, 0.717) is 19.4 Å². The standard InChI is InChI=1S/C21H42N6O8/c1-21(31)8-32-20(15(30)18(21)26-2)35-17-12(27-13(25)7-28)5-11(24)16(14(17)29)34-19-10(23)4-3-9(6-22)33-19/h9-12,14-20,26,28-31H,3-8,22-24H2,1-2H3,(H2,25,27). The lowest BCUT2D eigenvalue weighted by Gasteiger charge is -2.48. The van der Waals surface area contributed by atoms with Gasteiger partial charge in [0.15, 0.2) is 12.6 Å². The summed E-state index contributed by atoms with van der Waals surface area (Å²) in [5.74, 6) is -0.0630. The summed E-state index contributed by atoms with van der Waals surface area (Å²) in [7, 11) is 1.60. The van der Waals surface area contributed by atoms with Gasteiger partial charge in [0.1, 0.15) is 42.5 Å². The molecule has 14 heteroatoms. The summed E-state index contributed by atoms with van der Waals surface area (Å²) < 4.78 is 23.5. The average molecular weight is 507 g/mol. The first-order valence-electron chi connectivity index (χ1n) is 12.0. The van der Waals surface area contributed by atoms with Crippen LogP contribution in [-0.2, 0) is 18.9 Å². The molecular weight excluding hydrogens is 464 g/mol. The molecule has 0 aromatic rings. The van der Waals surface area contributed by atoms with E-state index in [1.807, 2.05) is 0 Å².